The van der Waals surface area contributed by atoms with Crippen LogP contribution in [-0.2, 0) is 14.3 Å². The minimum atomic E-state index is -1.04. The third-order valence-corrected chi connectivity index (χ3v) is 2.14. The molecule has 0 aliphatic rings. The van der Waals surface area contributed by atoms with Crippen molar-refractivity contribution in [3.05, 3.63) is 0 Å². The van der Waals surface area contributed by atoms with E-state index < -0.39 is 22.9 Å². The van der Waals surface area contributed by atoms with Crippen molar-refractivity contribution in [2.45, 2.75) is 24.8 Å². The number of carbonyl (C=O) groups is 2. The molecule has 5 heteroatoms. The number of hydrogen-bond donors (Lipinski definition) is 1. The Morgan fingerprint density at radius 3 is 2.27 bits per heavy atom. The van der Waals surface area contributed by atoms with Crippen LogP contribution >= 0.6 is 15.9 Å². The first kappa shape index (κ1) is 10.4. The number of carboxylic acids is 1. The molecule has 1 N–H and O–H groups in total. The highest BCUT2D eigenvalue weighted by atomic mass is 79.9. The number of halogens is 1. The molecule has 0 bridgehead atoms. The van der Waals surface area contributed by atoms with E-state index in [4.69, 9.17) is 5.11 Å². The average molecular weight is 225 g/mol. The highest BCUT2D eigenvalue weighted by molar-refractivity contribution is 9.10. The van der Waals surface area contributed by atoms with Crippen molar-refractivity contribution >= 4 is 27.9 Å². The fourth-order valence-electron chi connectivity index (χ4n) is 0.522. The van der Waals surface area contributed by atoms with Gasteiger partial charge in [-0.25, -0.2) is 0 Å². The lowest BCUT2D eigenvalue weighted by atomic mass is 10.3. The van der Waals surface area contributed by atoms with Crippen LogP contribution in [0.5, 0.6) is 0 Å². The summed E-state index contributed by atoms with van der Waals surface area (Å²) in [4.78, 5) is 19.8. The Morgan fingerprint density at radius 2 is 2.00 bits per heavy atom. The van der Waals surface area contributed by atoms with Gasteiger partial charge >= 0.3 is 11.9 Å². The van der Waals surface area contributed by atoms with Crippen molar-refractivity contribution in [1.82, 2.24) is 0 Å². The molecule has 0 heterocycles. The number of alkyl halides is 1. The van der Waals surface area contributed by atoms with E-state index in [1.807, 2.05) is 0 Å². The predicted molar refractivity (Wildman–Crippen MR) is 41.6 cm³/mol. The summed E-state index contributed by atoms with van der Waals surface area (Å²) in [6, 6.07) is 0. The largest absolute Gasteiger partial charge is 0.480 e. The second-order valence-electron chi connectivity index (χ2n) is 2.05. The molecule has 64 valence electrons. The number of carboxylic acid groups (broad SMARTS) is 1. The van der Waals surface area contributed by atoms with E-state index >= 15 is 0 Å². The smallest absolute Gasteiger partial charge is 0.321 e. The molecule has 0 aliphatic heterocycles. The van der Waals surface area contributed by atoms with E-state index in [1.165, 1.54) is 13.8 Å². The molecular formula is C6H9BrO4. The van der Waals surface area contributed by atoms with Crippen molar-refractivity contribution in [2.24, 2.45) is 0 Å². The van der Waals surface area contributed by atoms with Gasteiger partial charge in [-0.15, -0.1) is 0 Å². The maximum absolute atomic E-state index is 10.3. The van der Waals surface area contributed by atoms with Gasteiger partial charge in [0.1, 0.15) is 10.9 Å². The number of carbonyl (C=O) groups excluding carboxylic acids is 1. The van der Waals surface area contributed by atoms with Crippen molar-refractivity contribution < 1.29 is 19.4 Å². The van der Waals surface area contributed by atoms with Crippen LogP contribution in [0.3, 0.4) is 0 Å². The standard InChI is InChI=1S/C6H9BrO4/c1-3(11-4(2)8)5(7)6(9)10/h3,5H,1-2H3,(H,9,10)/t3-,5+/m1/s1. The first-order chi connectivity index (χ1) is 4.95. The van der Waals surface area contributed by atoms with Crippen molar-refractivity contribution in [2.75, 3.05) is 0 Å². The van der Waals surface area contributed by atoms with E-state index in [2.05, 4.69) is 20.7 Å². The van der Waals surface area contributed by atoms with Crippen LogP contribution in [-0.4, -0.2) is 28.0 Å². The summed E-state index contributed by atoms with van der Waals surface area (Å²) in [5.74, 6) is -1.53. The van der Waals surface area contributed by atoms with E-state index in [1.54, 1.807) is 0 Å². The topological polar surface area (TPSA) is 63.6 Å². The quantitative estimate of drug-likeness (QED) is 0.569. The maximum atomic E-state index is 10.3. The Morgan fingerprint density at radius 1 is 1.55 bits per heavy atom. The van der Waals surface area contributed by atoms with Crippen LogP contribution in [0.4, 0.5) is 0 Å². The summed E-state index contributed by atoms with van der Waals surface area (Å²) >= 11 is 2.86. The fraction of sp³-hybridized carbons (Fsp3) is 0.667. The van der Waals surface area contributed by atoms with Crippen LogP contribution in [0.15, 0.2) is 0 Å². The van der Waals surface area contributed by atoms with Gasteiger partial charge in [0.05, 0.1) is 0 Å². The summed E-state index contributed by atoms with van der Waals surface area (Å²) in [5, 5.41) is 8.43. The zero-order valence-electron chi connectivity index (χ0n) is 6.20. The van der Waals surface area contributed by atoms with Gasteiger partial charge in [0.2, 0.25) is 0 Å². The van der Waals surface area contributed by atoms with Crippen LogP contribution in [0.2, 0.25) is 0 Å². The number of hydrogen-bond acceptors (Lipinski definition) is 3. The summed E-state index contributed by atoms with van der Waals surface area (Å²) in [6.07, 6.45) is -0.648. The summed E-state index contributed by atoms with van der Waals surface area (Å²) in [6.45, 7) is 2.74. The molecule has 2 atom stereocenters. The Kier molecular flexibility index (Phi) is 4.10. The van der Waals surface area contributed by atoms with Crippen LogP contribution in [0, 0.1) is 0 Å². The van der Waals surface area contributed by atoms with Gasteiger partial charge in [-0.3, -0.25) is 9.59 Å². The molecule has 0 saturated heterocycles. The molecule has 0 radical (unpaired) electrons. The molecule has 0 aromatic rings. The highest BCUT2D eigenvalue weighted by Crippen LogP contribution is 2.09. The molecule has 4 nitrogen and oxygen atoms in total. The summed E-state index contributed by atoms with van der Waals surface area (Å²) in [7, 11) is 0. The van der Waals surface area contributed by atoms with E-state index in [0.29, 0.717) is 0 Å². The molecule has 0 fully saturated rings. The zero-order chi connectivity index (χ0) is 9.02. The summed E-state index contributed by atoms with van der Waals surface area (Å²) < 4.78 is 4.61. The van der Waals surface area contributed by atoms with Gasteiger partial charge in [-0.05, 0) is 6.92 Å². The molecule has 0 spiro atoms. The normalized spacial score (nSPS) is 15.2. The molecule has 0 aromatic heterocycles. The molecular weight excluding hydrogens is 216 g/mol. The maximum Gasteiger partial charge on any atom is 0.321 e. The van der Waals surface area contributed by atoms with Gasteiger partial charge in [0.25, 0.3) is 0 Å². The molecule has 11 heavy (non-hydrogen) atoms. The third kappa shape index (κ3) is 3.98. The minimum Gasteiger partial charge on any atom is -0.480 e. The Hall–Kier alpha value is -0.580. The monoisotopic (exact) mass is 224 g/mol. The van der Waals surface area contributed by atoms with Gasteiger partial charge < -0.3 is 9.84 Å². The third-order valence-electron chi connectivity index (χ3n) is 1.000. The van der Waals surface area contributed by atoms with Crippen LogP contribution in [0.25, 0.3) is 0 Å². The zero-order valence-corrected chi connectivity index (χ0v) is 7.79. The lowest BCUT2D eigenvalue weighted by molar-refractivity contribution is -0.148. The number of rotatable bonds is 3. The Balaban J connectivity index is 3.92. The molecule has 0 aliphatic carbocycles. The molecule has 0 saturated carbocycles. The fourth-order valence-corrected chi connectivity index (χ4v) is 0.630. The SMILES string of the molecule is CC(=O)O[C@H](C)[C@H](Br)C(=O)O. The second kappa shape index (κ2) is 4.33. The average Bonchev–Trinajstić information content (AvgIpc) is 1.84. The Bertz CT molecular complexity index is 168. The molecule has 0 aromatic carbocycles. The predicted octanol–water partition coefficient (Wildman–Crippen LogP) is 0.786. The van der Waals surface area contributed by atoms with E-state index in [0.717, 1.165) is 0 Å². The van der Waals surface area contributed by atoms with Crippen molar-refractivity contribution in [3.63, 3.8) is 0 Å². The lowest BCUT2D eigenvalue weighted by Crippen LogP contribution is -2.29. The van der Waals surface area contributed by atoms with Gasteiger partial charge in [-0.1, -0.05) is 15.9 Å². The van der Waals surface area contributed by atoms with Crippen molar-refractivity contribution in [3.8, 4) is 0 Å². The highest BCUT2D eigenvalue weighted by Gasteiger charge is 2.23. The van der Waals surface area contributed by atoms with E-state index in [9.17, 15) is 9.59 Å². The first-order valence-electron chi connectivity index (χ1n) is 2.99. The van der Waals surface area contributed by atoms with Crippen molar-refractivity contribution in [1.29, 1.82) is 0 Å². The van der Waals surface area contributed by atoms with Gasteiger partial charge in [0.15, 0.2) is 0 Å². The van der Waals surface area contributed by atoms with Gasteiger partial charge in [0, 0.05) is 6.92 Å². The van der Waals surface area contributed by atoms with Crippen LogP contribution in [0.1, 0.15) is 13.8 Å². The first-order valence-corrected chi connectivity index (χ1v) is 3.90. The Labute approximate surface area is 72.7 Å². The van der Waals surface area contributed by atoms with E-state index in [-0.39, 0.29) is 0 Å². The second-order valence-corrected chi connectivity index (χ2v) is 3.04. The number of ether oxygens (including phenoxy) is 1. The number of aliphatic carboxylic acids is 1. The molecule has 0 unspecified atom stereocenters. The molecule has 0 amide bonds. The molecule has 0 rings (SSSR count). The van der Waals surface area contributed by atoms with Gasteiger partial charge in [-0.2, -0.15) is 0 Å². The van der Waals surface area contributed by atoms with Crippen LogP contribution < -0.4 is 0 Å². The summed E-state index contributed by atoms with van der Waals surface area (Å²) in [5.41, 5.74) is 0. The lowest BCUT2D eigenvalue weighted by Gasteiger charge is -2.13. The minimum absolute atomic E-state index is 0.483. The number of esters is 1.